The third kappa shape index (κ3) is 8.05. The predicted molar refractivity (Wildman–Crippen MR) is 105 cm³/mol. The fourth-order valence-electron chi connectivity index (χ4n) is 2.28. The molecule has 0 saturated heterocycles. The van der Waals surface area contributed by atoms with E-state index in [1.165, 1.54) is 6.07 Å². The molecule has 0 saturated carbocycles. The molecule has 0 spiro atoms. The van der Waals surface area contributed by atoms with Gasteiger partial charge in [0.2, 0.25) is 5.95 Å². The zero-order valence-electron chi connectivity index (χ0n) is 16.1. The molecule has 0 aliphatic carbocycles. The molecule has 6 N–H and O–H groups in total. The van der Waals surface area contributed by atoms with E-state index in [2.05, 4.69) is 27.2 Å². The van der Waals surface area contributed by atoms with Gasteiger partial charge in [-0.15, -0.1) is 0 Å². The third-order valence-corrected chi connectivity index (χ3v) is 3.74. The normalized spacial score (nSPS) is 12.8. The van der Waals surface area contributed by atoms with E-state index in [9.17, 15) is 19.1 Å². The van der Waals surface area contributed by atoms with Crippen molar-refractivity contribution in [3.05, 3.63) is 30.2 Å². The highest BCUT2D eigenvalue weighted by Gasteiger charge is 2.24. The fraction of sp³-hybridized carbons (Fsp3) is 0.389. The number of aliphatic hydroxyl groups excluding tert-OH is 1. The lowest BCUT2D eigenvalue weighted by Crippen LogP contribution is -2.39. The van der Waals surface area contributed by atoms with Crippen molar-refractivity contribution in [3.8, 4) is 0 Å². The number of carbonyl (C=O) groups is 2. The van der Waals surface area contributed by atoms with E-state index in [4.69, 9.17) is 15.9 Å². The molecule has 29 heavy (non-hydrogen) atoms. The Bertz CT molecular complexity index is 871. The molecule has 0 aliphatic rings. The maximum Gasteiger partial charge on any atom is 0.328 e. The molecule has 10 nitrogen and oxygen atoms in total. The molecule has 1 atom stereocenters. The number of anilines is 2. The van der Waals surface area contributed by atoms with Crippen molar-refractivity contribution in [3.63, 3.8) is 0 Å². The Balaban J connectivity index is 0.000000447. The van der Waals surface area contributed by atoms with Gasteiger partial charge in [0, 0.05) is 18.2 Å². The summed E-state index contributed by atoms with van der Waals surface area (Å²) < 4.78 is 13.2. The maximum atomic E-state index is 13.2. The van der Waals surface area contributed by atoms with Crippen molar-refractivity contribution >= 4 is 34.7 Å². The number of aliphatic carboxylic acids is 2. The minimum Gasteiger partial charge on any atom is -0.478 e. The number of nitrogens with one attached hydrogen (secondary N) is 1. The average molecular weight is 409 g/mol. The van der Waals surface area contributed by atoms with Crippen molar-refractivity contribution < 1.29 is 29.3 Å². The molecule has 0 radical (unpaired) electrons. The second-order valence-electron chi connectivity index (χ2n) is 6.41. The molecule has 2 aromatic rings. The molecular formula is C18H24FN5O5. The Morgan fingerprint density at radius 3 is 2.41 bits per heavy atom. The van der Waals surface area contributed by atoms with Crippen LogP contribution in [0.15, 0.2) is 24.4 Å². The number of fused-ring (bicyclic) bond motifs is 1. The van der Waals surface area contributed by atoms with E-state index < -0.39 is 23.3 Å². The van der Waals surface area contributed by atoms with Gasteiger partial charge in [0.05, 0.1) is 23.9 Å². The van der Waals surface area contributed by atoms with Gasteiger partial charge < -0.3 is 26.4 Å². The van der Waals surface area contributed by atoms with E-state index in [0.29, 0.717) is 29.0 Å². The summed E-state index contributed by atoms with van der Waals surface area (Å²) in [5.74, 6) is -2.56. The topological polar surface area (TPSA) is 172 Å². The first-order valence-electron chi connectivity index (χ1n) is 8.72. The van der Waals surface area contributed by atoms with E-state index in [-0.39, 0.29) is 12.6 Å². The lowest BCUT2D eigenvalue weighted by Gasteiger charge is -2.29. The molecular weight excluding hydrogens is 385 g/mol. The van der Waals surface area contributed by atoms with Crippen LogP contribution < -0.4 is 11.1 Å². The van der Waals surface area contributed by atoms with Gasteiger partial charge in [-0.2, -0.15) is 4.98 Å². The third-order valence-electron chi connectivity index (χ3n) is 3.74. The zero-order valence-corrected chi connectivity index (χ0v) is 16.1. The number of nitrogens with two attached hydrogens (primary N) is 1. The predicted octanol–water partition coefficient (Wildman–Crippen LogP) is 1.81. The van der Waals surface area contributed by atoms with Crippen LogP contribution in [0.3, 0.4) is 0 Å². The Labute approximate surface area is 166 Å². The summed E-state index contributed by atoms with van der Waals surface area (Å²) in [6.07, 6.45) is 4.98. The van der Waals surface area contributed by atoms with Crippen molar-refractivity contribution in [1.29, 1.82) is 0 Å². The van der Waals surface area contributed by atoms with Gasteiger partial charge in [-0.05, 0) is 13.3 Å². The van der Waals surface area contributed by atoms with Gasteiger partial charge in [-0.1, -0.05) is 19.8 Å². The summed E-state index contributed by atoms with van der Waals surface area (Å²) in [7, 11) is 0. The molecule has 0 bridgehead atoms. The standard InChI is InChI=1S/C14H20FN5O.C4H4O4/c1-3-4-5-14(2,8-21)20-12-11-10(18-13(16)19-12)6-9(15)7-17-11;5-3(6)1-2-4(7)8/h6-7,21H,3-5,8H2,1-2H3,(H3,16,18,19,20);1-2H,(H,5,6)(H,7,8)/b;2-1-/t14-;/m1./s1. The quantitative estimate of drug-likeness (QED) is 0.405. The van der Waals surface area contributed by atoms with Gasteiger partial charge >= 0.3 is 11.9 Å². The van der Waals surface area contributed by atoms with E-state index in [1.807, 2.05) is 6.92 Å². The number of pyridine rings is 1. The summed E-state index contributed by atoms with van der Waals surface area (Å²) in [6, 6.07) is 1.26. The van der Waals surface area contributed by atoms with Gasteiger partial charge in [-0.25, -0.2) is 23.9 Å². The van der Waals surface area contributed by atoms with E-state index in [0.717, 1.165) is 25.5 Å². The van der Waals surface area contributed by atoms with Gasteiger partial charge in [0.1, 0.15) is 11.3 Å². The molecule has 0 fully saturated rings. The van der Waals surface area contributed by atoms with Crippen molar-refractivity contribution in [2.75, 3.05) is 17.7 Å². The summed E-state index contributed by atoms with van der Waals surface area (Å²) in [5, 5.41) is 28.4. The molecule has 0 aliphatic heterocycles. The first kappa shape index (κ1) is 23.7. The molecule has 0 unspecified atom stereocenters. The molecule has 11 heteroatoms. The minimum absolute atomic E-state index is 0.0354. The highest BCUT2D eigenvalue weighted by molar-refractivity contribution is 5.89. The number of hydrogen-bond acceptors (Lipinski definition) is 8. The first-order chi connectivity index (χ1) is 13.6. The number of carboxylic acids is 2. The number of nitrogen functional groups attached to an aromatic ring is 1. The Hall–Kier alpha value is -3.34. The van der Waals surface area contributed by atoms with Crippen molar-refractivity contribution in [2.45, 2.75) is 38.6 Å². The number of aliphatic hydroxyl groups is 1. The number of hydrogen-bond donors (Lipinski definition) is 5. The maximum absolute atomic E-state index is 13.2. The van der Waals surface area contributed by atoms with E-state index >= 15 is 0 Å². The molecule has 158 valence electrons. The van der Waals surface area contributed by atoms with Crippen LogP contribution in [0, 0.1) is 5.82 Å². The zero-order chi connectivity index (χ0) is 22.0. The number of halogens is 1. The number of unbranched alkanes of at least 4 members (excludes halogenated alkanes) is 1. The first-order valence-corrected chi connectivity index (χ1v) is 8.72. The minimum atomic E-state index is -1.26. The van der Waals surface area contributed by atoms with Crippen LogP contribution in [0.5, 0.6) is 0 Å². The largest absolute Gasteiger partial charge is 0.478 e. The van der Waals surface area contributed by atoms with Crippen LogP contribution in [0.2, 0.25) is 0 Å². The summed E-state index contributed by atoms with van der Waals surface area (Å²) >= 11 is 0. The van der Waals surface area contributed by atoms with Crippen LogP contribution in [0.25, 0.3) is 11.0 Å². The van der Waals surface area contributed by atoms with Crippen LogP contribution in [0.4, 0.5) is 16.2 Å². The smallest absolute Gasteiger partial charge is 0.328 e. The molecule has 0 aromatic carbocycles. The van der Waals surface area contributed by atoms with Crippen LogP contribution in [-0.4, -0.2) is 54.4 Å². The summed E-state index contributed by atoms with van der Waals surface area (Å²) in [6.45, 7) is 3.93. The summed E-state index contributed by atoms with van der Waals surface area (Å²) in [5.41, 5.74) is 5.88. The highest BCUT2D eigenvalue weighted by atomic mass is 19.1. The number of aromatic nitrogens is 3. The molecule has 0 amide bonds. The lowest BCUT2D eigenvalue weighted by atomic mass is 9.96. The second-order valence-corrected chi connectivity index (χ2v) is 6.41. The van der Waals surface area contributed by atoms with Crippen LogP contribution in [-0.2, 0) is 9.59 Å². The highest BCUT2D eigenvalue weighted by Crippen LogP contribution is 2.25. The van der Waals surface area contributed by atoms with Gasteiger partial charge in [-0.3, -0.25) is 0 Å². The Kier molecular flexibility index (Phi) is 8.87. The van der Waals surface area contributed by atoms with E-state index in [1.54, 1.807) is 0 Å². The SMILES string of the molecule is CCCC[C@](C)(CO)Nc1nc(N)nc2cc(F)cnc12.O=C(O)/C=C\C(=O)O. The number of nitrogens with zero attached hydrogens (tertiary/aromatic N) is 3. The van der Waals surface area contributed by atoms with Gasteiger partial charge in [0.25, 0.3) is 0 Å². The molecule has 2 heterocycles. The van der Waals surface area contributed by atoms with Crippen LogP contribution in [0.1, 0.15) is 33.1 Å². The van der Waals surface area contributed by atoms with Crippen LogP contribution >= 0.6 is 0 Å². The fourth-order valence-corrected chi connectivity index (χ4v) is 2.28. The number of carboxylic acid groups (broad SMARTS) is 2. The monoisotopic (exact) mass is 409 g/mol. The molecule has 2 rings (SSSR count). The van der Waals surface area contributed by atoms with Gasteiger partial charge in [0.15, 0.2) is 5.82 Å². The lowest BCUT2D eigenvalue weighted by molar-refractivity contribution is -0.134. The Morgan fingerprint density at radius 2 is 1.90 bits per heavy atom. The average Bonchev–Trinajstić information content (AvgIpc) is 2.64. The second kappa shape index (κ2) is 10.9. The van der Waals surface area contributed by atoms with Crippen molar-refractivity contribution in [2.24, 2.45) is 0 Å². The Morgan fingerprint density at radius 1 is 1.28 bits per heavy atom. The number of rotatable bonds is 8. The van der Waals surface area contributed by atoms with Crippen molar-refractivity contribution in [1.82, 2.24) is 15.0 Å². The summed E-state index contributed by atoms with van der Waals surface area (Å²) in [4.78, 5) is 31.2. The molecule has 2 aromatic heterocycles.